The van der Waals surface area contributed by atoms with E-state index < -0.39 is 6.04 Å². The van der Waals surface area contributed by atoms with Crippen LogP contribution in [0.25, 0.3) is 0 Å². The number of amides is 2. The molecule has 0 radical (unpaired) electrons. The van der Waals surface area contributed by atoms with Crippen molar-refractivity contribution in [3.05, 3.63) is 106 Å². The number of carbonyl (C=O) groups excluding carboxylic acids is 2. The third-order valence-electron chi connectivity index (χ3n) is 5.49. The van der Waals surface area contributed by atoms with E-state index in [0.717, 1.165) is 16.7 Å². The molecule has 2 amide bonds. The number of nitrogens with zero attached hydrogens (tertiary/aromatic N) is 1. The predicted molar refractivity (Wildman–Crippen MR) is 129 cm³/mol. The Morgan fingerprint density at radius 1 is 0.875 bits per heavy atom. The van der Waals surface area contributed by atoms with E-state index in [0.29, 0.717) is 31.0 Å². The van der Waals surface area contributed by atoms with E-state index in [-0.39, 0.29) is 11.8 Å². The first kappa shape index (κ1) is 23.6. The molecule has 1 N–H and O–H groups in total. The van der Waals surface area contributed by atoms with E-state index in [4.69, 9.17) is 11.6 Å². The van der Waals surface area contributed by atoms with Crippen molar-refractivity contribution in [2.75, 3.05) is 0 Å². The Balaban J connectivity index is 1.68. The van der Waals surface area contributed by atoms with Gasteiger partial charge in [-0.1, -0.05) is 83.9 Å². The fourth-order valence-electron chi connectivity index (χ4n) is 3.45. The molecule has 0 aliphatic rings. The van der Waals surface area contributed by atoms with Gasteiger partial charge in [0.1, 0.15) is 6.04 Å². The summed E-state index contributed by atoms with van der Waals surface area (Å²) in [4.78, 5) is 27.7. The molecule has 5 heteroatoms. The molecule has 4 nitrogen and oxygen atoms in total. The third kappa shape index (κ3) is 6.96. The molecule has 3 aromatic rings. The lowest BCUT2D eigenvalue weighted by atomic mass is 10.1. The van der Waals surface area contributed by atoms with Gasteiger partial charge in [-0.25, -0.2) is 0 Å². The number of benzene rings is 3. The van der Waals surface area contributed by atoms with E-state index in [1.165, 1.54) is 5.56 Å². The van der Waals surface area contributed by atoms with Crippen LogP contribution in [-0.2, 0) is 29.1 Å². The second-order valence-corrected chi connectivity index (χ2v) is 8.45. The van der Waals surface area contributed by atoms with E-state index in [2.05, 4.69) is 5.32 Å². The smallest absolute Gasteiger partial charge is 0.242 e. The first-order valence-electron chi connectivity index (χ1n) is 10.8. The lowest BCUT2D eigenvalue weighted by Gasteiger charge is -2.29. The number of hydrogen-bond donors (Lipinski definition) is 1. The average Bonchev–Trinajstić information content (AvgIpc) is 2.82. The van der Waals surface area contributed by atoms with Gasteiger partial charge >= 0.3 is 0 Å². The lowest BCUT2D eigenvalue weighted by molar-refractivity contribution is -0.140. The Kier molecular flexibility index (Phi) is 8.46. The van der Waals surface area contributed by atoms with E-state index >= 15 is 0 Å². The van der Waals surface area contributed by atoms with Crippen LogP contribution in [0.3, 0.4) is 0 Å². The second kappa shape index (κ2) is 11.5. The summed E-state index contributed by atoms with van der Waals surface area (Å²) in [6.07, 6.45) is 0.974. The number of hydrogen-bond acceptors (Lipinski definition) is 2. The highest BCUT2D eigenvalue weighted by molar-refractivity contribution is 6.30. The second-order valence-electron chi connectivity index (χ2n) is 8.01. The Morgan fingerprint density at radius 2 is 1.50 bits per heavy atom. The summed E-state index contributed by atoms with van der Waals surface area (Å²) in [6, 6.07) is 24.7. The molecule has 166 valence electrons. The normalized spacial score (nSPS) is 11.6. The highest BCUT2D eigenvalue weighted by atomic mass is 35.5. The van der Waals surface area contributed by atoms with Gasteiger partial charge in [-0.3, -0.25) is 9.59 Å². The Labute approximate surface area is 195 Å². The van der Waals surface area contributed by atoms with Crippen molar-refractivity contribution >= 4 is 23.4 Å². The molecule has 0 saturated heterocycles. The number of nitrogens with one attached hydrogen (secondary N) is 1. The number of rotatable bonds is 9. The van der Waals surface area contributed by atoms with Crippen molar-refractivity contribution in [2.45, 2.75) is 45.8 Å². The van der Waals surface area contributed by atoms with Gasteiger partial charge < -0.3 is 10.2 Å². The molecule has 0 bridgehead atoms. The molecule has 0 aliphatic heterocycles. The Morgan fingerprint density at radius 3 is 2.16 bits per heavy atom. The van der Waals surface area contributed by atoms with Gasteiger partial charge in [-0.05, 0) is 49.1 Å². The third-order valence-corrected chi connectivity index (χ3v) is 5.74. The summed E-state index contributed by atoms with van der Waals surface area (Å²) in [5, 5.41) is 3.61. The molecular formula is C27H29ClN2O2. The molecular weight excluding hydrogens is 420 g/mol. The molecule has 0 aromatic heterocycles. The van der Waals surface area contributed by atoms with Crippen molar-refractivity contribution in [3.63, 3.8) is 0 Å². The van der Waals surface area contributed by atoms with Gasteiger partial charge in [0.2, 0.25) is 11.8 Å². The van der Waals surface area contributed by atoms with Crippen molar-refractivity contribution in [1.29, 1.82) is 0 Å². The van der Waals surface area contributed by atoms with E-state index in [1.54, 1.807) is 24.0 Å². The first-order valence-corrected chi connectivity index (χ1v) is 11.2. The van der Waals surface area contributed by atoms with Crippen LogP contribution in [0.2, 0.25) is 5.02 Å². The van der Waals surface area contributed by atoms with Gasteiger partial charge in [-0.2, -0.15) is 0 Å². The standard InChI is InChI=1S/C27H29ClN2O2/c1-20-8-10-23(11-9-20)18-29-27(32)21(2)30(19-24-12-15-25(28)16-13-24)26(31)17-14-22-6-4-3-5-7-22/h3-13,15-16,21H,14,17-19H2,1-2H3,(H,29,32)/t21-/m0/s1. The van der Waals surface area contributed by atoms with Crippen LogP contribution in [0.5, 0.6) is 0 Å². The lowest BCUT2D eigenvalue weighted by Crippen LogP contribution is -2.47. The molecule has 0 aliphatic carbocycles. The summed E-state index contributed by atoms with van der Waals surface area (Å²) >= 11 is 6.01. The van der Waals surface area contributed by atoms with Crippen LogP contribution < -0.4 is 5.32 Å². The number of carbonyl (C=O) groups is 2. The minimum Gasteiger partial charge on any atom is -0.350 e. The van der Waals surface area contributed by atoms with E-state index in [9.17, 15) is 9.59 Å². The van der Waals surface area contributed by atoms with Gasteiger partial charge in [0.15, 0.2) is 0 Å². The molecule has 1 atom stereocenters. The largest absolute Gasteiger partial charge is 0.350 e. The maximum Gasteiger partial charge on any atom is 0.242 e. The average molecular weight is 449 g/mol. The summed E-state index contributed by atoms with van der Waals surface area (Å²) in [7, 11) is 0. The minimum atomic E-state index is -0.598. The zero-order valence-electron chi connectivity index (χ0n) is 18.6. The van der Waals surface area contributed by atoms with Crippen molar-refractivity contribution < 1.29 is 9.59 Å². The fourth-order valence-corrected chi connectivity index (χ4v) is 3.58. The monoisotopic (exact) mass is 448 g/mol. The van der Waals surface area contributed by atoms with Crippen molar-refractivity contribution in [2.24, 2.45) is 0 Å². The van der Waals surface area contributed by atoms with E-state index in [1.807, 2.05) is 73.7 Å². The summed E-state index contributed by atoms with van der Waals surface area (Å²) in [5.41, 5.74) is 4.23. The van der Waals surface area contributed by atoms with Crippen molar-refractivity contribution in [3.8, 4) is 0 Å². The number of aryl methyl sites for hydroxylation is 2. The molecule has 0 heterocycles. The molecule has 3 aromatic carbocycles. The predicted octanol–water partition coefficient (Wildman–Crippen LogP) is 5.31. The molecule has 0 fully saturated rings. The minimum absolute atomic E-state index is 0.0539. The Hall–Kier alpha value is -3.11. The van der Waals surface area contributed by atoms with Gasteiger partial charge in [0, 0.05) is 24.5 Å². The van der Waals surface area contributed by atoms with Crippen LogP contribution in [0.4, 0.5) is 0 Å². The van der Waals surface area contributed by atoms with Crippen LogP contribution in [0.1, 0.15) is 35.6 Å². The van der Waals surface area contributed by atoms with Crippen LogP contribution in [0.15, 0.2) is 78.9 Å². The quantitative estimate of drug-likeness (QED) is 0.482. The molecule has 0 unspecified atom stereocenters. The molecule has 0 saturated carbocycles. The first-order chi connectivity index (χ1) is 15.4. The zero-order valence-corrected chi connectivity index (χ0v) is 19.3. The zero-order chi connectivity index (χ0) is 22.9. The van der Waals surface area contributed by atoms with Gasteiger partial charge in [0.25, 0.3) is 0 Å². The maximum absolute atomic E-state index is 13.2. The summed E-state index contributed by atoms with van der Waals surface area (Å²) < 4.78 is 0. The fraction of sp³-hybridized carbons (Fsp3) is 0.259. The highest BCUT2D eigenvalue weighted by Crippen LogP contribution is 2.16. The van der Waals surface area contributed by atoms with Crippen molar-refractivity contribution in [1.82, 2.24) is 10.2 Å². The molecule has 3 rings (SSSR count). The molecule has 32 heavy (non-hydrogen) atoms. The van der Waals surface area contributed by atoms with Gasteiger partial charge in [-0.15, -0.1) is 0 Å². The van der Waals surface area contributed by atoms with Crippen LogP contribution in [-0.4, -0.2) is 22.8 Å². The highest BCUT2D eigenvalue weighted by Gasteiger charge is 2.25. The Bertz CT molecular complexity index is 1020. The summed E-state index contributed by atoms with van der Waals surface area (Å²) in [6.45, 7) is 4.58. The number of halogens is 1. The molecule has 0 spiro atoms. The topological polar surface area (TPSA) is 49.4 Å². The maximum atomic E-state index is 13.2. The summed E-state index contributed by atoms with van der Waals surface area (Å²) in [5.74, 6) is -0.227. The van der Waals surface area contributed by atoms with Crippen LogP contribution in [0, 0.1) is 6.92 Å². The SMILES string of the molecule is Cc1ccc(CNC(=O)[C@H](C)N(Cc2ccc(Cl)cc2)C(=O)CCc2ccccc2)cc1. The van der Waals surface area contributed by atoms with Crippen LogP contribution >= 0.6 is 11.6 Å². The van der Waals surface area contributed by atoms with Gasteiger partial charge in [0.05, 0.1) is 0 Å².